The molecule has 0 amide bonds. The summed E-state index contributed by atoms with van der Waals surface area (Å²) >= 11 is 2.26. The summed E-state index contributed by atoms with van der Waals surface area (Å²) in [4.78, 5) is 0. The van der Waals surface area contributed by atoms with E-state index in [4.69, 9.17) is 4.74 Å². The average Bonchev–Trinajstić information content (AvgIpc) is 2.45. The number of aryl methyl sites for hydroxylation is 1. The lowest BCUT2D eigenvalue weighted by molar-refractivity contribution is 0.168. The largest absolute Gasteiger partial charge is 0.497 e. The minimum absolute atomic E-state index is 0.406. The van der Waals surface area contributed by atoms with Crippen molar-refractivity contribution >= 4 is 22.6 Å². The van der Waals surface area contributed by atoms with Gasteiger partial charge in [0.25, 0.3) is 0 Å². The van der Waals surface area contributed by atoms with Crippen molar-refractivity contribution in [3.05, 3.63) is 63.2 Å². The molecule has 2 aromatic rings. The summed E-state index contributed by atoms with van der Waals surface area (Å²) in [7, 11) is 1.66. The maximum Gasteiger partial charge on any atom is 0.118 e. The van der Waals surface area contributed by atoms with Crippen LogP contribution in [0.1, 0.15) is 23.7 Å². The number of halogens is 1. The monoisotopic (exact) mass is 368 g/mol. The molecule has 0 radical (unpaired) electrons. The second kappa shape index (κ2) is 6.91. The van der Waals surface area contributed by atoms with E-state index in [1.54, 1.807) is 7.11 Å². The van der Waals surface area contributed by atoms with Crippen molar-refractivity contribution < 1.29 is 9.84 Å². The van der Waals surface area contributed by atoms with Gasteiger partial charge in [0, 0.05) is 3.57 Å². The zero-order valence-corrected chi connectivity index (χ0v) is 13.0. The first-order chi connectivity index (χ1) is 9.19. The number of aliphatic hydroxyl groups is 1. The van der Waals surface area contributed by atoms with Crippen molar-refractivity contribution in [1.29, 1.82) is 0 Å². The van der Waals surface area contributed by atoms with E-state index in [1.807, 2.05) is 48.5 Å². The van der Waals surface area contributed by atoms with Crippen LogP contribution in [0.15, 0.2) is 48.5 Å². The van der Waals surface area contributed by atoms with Gasteiger partial charge in [0.05, 0.1) is 13.2 Å². The molecule has 2 nitrogen and oxygen atoms in total. The van der Waals surface area contributed by atoms with Crippen LogP contribution >= 0.6 is 22.6 Å². The lowest BCUT2D eigenvalue weighted by atomic mass is 10.0. The highest BCUT2D eigenvalue weighted by atomic mass is 127. The maximum absolute atomic E-state index is 10.2. The Morgan fingerprint density at radius 1 is 1.16 bits per heavy atom. The molecule has 0 aliphatic rings. The van der Waals surface area contributed by atoms with Gasteiger partial charge in [-0.1, -0.05) is 24.3 Å². The molecule has 1 atom stereocenters. The second-order valence-corrected chi connectivity index (χ2v) is 5.70. The van der Waals surface area contributed by atoms with Gasteiger partial charge >= 0.3 is 0 Å². The normalized spacial score (nSPS) is 12.2. The van der Waals surface area contributed by atoms with Gasteiger partial charge in [0.2, 0.25) is 0 Å². The molecule has 3 heteroatoms. The number of ether oxygens (including phenoxy) is 1. The van der Waals surface area contributed by atoms with Crippen LogP contribution in [0.4, 0.5) is 0 Å². The zero-order valence-electron chi connectivity index (χ0n) is 10.8. The standard InChI is InChI=1S/C16H17IO2/c1-19-15-8-5-12(6-9-15)7-10-16(18)13-3-2-4-14(17)11-13/h2-6,8-9,11,16,18H,7,10H2,1H3. The summed E-state index contributed by atoms with van der Waals surface area (Å²) in [6, 6.07) is 16.0. The highest BCUT2D eigenvalue weighted by Crippen LogP contribution is 2.21. The molecule has 0 aromatic heterocycles. The molecule has 2 rings (SSSR count). The van der Waals surface area contributed by atoms with Crippen molar-refractivity contribution in [2.24, 2.45) is 0 Å². The Morgan fingerprint density at radius 3 is 2.53 bits per heavy atom. The molecule has 0 aliphatic heterocycles. The molecule has 2 aromatic carbocycles. The van der Waals surface area contributed by atoms with Crippen LogP contribution in [-0.4, -0.2) is 12.2 Å². The van der Waals surface area contributed by atoms with E-state index >= 15 is 0 Å². The predicted octanol–water partition coefficient (Wildman–Crippen LogP) is 3.97. The van der Waals surface area contributed by atoms with Gasteiger partial charge in [-0.05, 0) is 70.8 Å². The fourth-order valence-corrected chi connectivity index (χ4v) is 2.54. The van der Waals surface area contributed by atoms with Crippen LogP contribution in [0.5, 0.6) is 5.75 Å². The first-order valence-electron chi connectivity index (χ1n) is 6.25. The van der Waals surface area contributed by atoms with Gasteiger partial charge in [-0.15, -0.1) is 0 Å². The number of hydrogen-bond donors (Lipinski definition) is 1. The predicted molar refractivity (Wildman–Crippen MR) is 85.4 cm³/mol. The van der Waals surface area contributed by atoms with Crippen LogP contribution in [0, 0.1) is 3.57 Å². The van der Waals surface area contributed by atoms with Crippen molar-refractivity contribution in [2.75, 3.05) is 7.11 Å². The summed E-state index contributed by atoms with van der Waals surface area (Å²) in [6.45, 7) is 0. The summed E-state index contributed by atoms with van der Waals surface area (Å²) in [5.74, 6) is 0.863. The summed E-state index contributed by atoms with van der Waals surface area (Å²) < 4.78 is 6.28. The molecule has 0 spiro atoms. The van der Waals surface area contributed by atoms with Gasteiger partial charge in [-0.25, -0.2) is 0 Å². The fourth-order valence-electron chi connectivity index (χ4n) is 1.98. The van der Waals surface area contributed by atoms with Gasteiger partial charge in [-0.3, -0.25) is 0 Å². The first-order valence-corrected chi connectivity index (χ1v) is 7.33. The Balaban J connectivity index is 1.94. The van der Waals surface area contributed by atoms with Crippen LogP contribution in [-0.2, 0) is 6.42 Å². The Kier molecular flexibility index (Phi) is 5.22. The molecule has 0 heterocycles. The molecule has 0 bridgehead atoms. The van der Waals surface area contributed by atoms with E-state index in [-0.39, 0.29) is 0 Å². The summed E-state index contributed by atoms with van der Waals surface area (Å²) in [5.41, 5.74) is 2.20. The molecule has 0 aliphatic carbocycles. The van der Waals surface area contributed by atoms with E-state index in [0.29, 0.717) is 0 Å². The quantitative estimate of drug-likeness (QED) is 0.810. The topological polar surface area (TPSA) is 29.5 Å². The molecule has 100 valence electrons. The molecule has 19 heavy (non-hydrogen) atoms. The van der Waals surface area contributed by atoms with Crippen LogP contribution in [0.25, 0.3) is 0 Å². The average molecular weight is 368 g/mol. The van der Waals surface area contributed by atoms with E-state index in [9.17, 15) is 5.11 Å². The third-order valence-electron chi connectivity index (χ3n) is 3.10. The third-order valence-corrected chi connectivity index (χ3v) is 3.77. The number of benzene rings is 2. The number of rotatable bonds is 5. The number of hydrogen-bond acceptors (Lipinski definition) is 2. The highest BCUT2D eigenvalue weighted by molar-refractivity contribution is 14.1. The van der Waals surface area contributed by atoms with E-state index in [2.05, 4.69) is 22.6 Å². The van der Waals surface area contributed by atoms with Crippen molar-refractivity contribution in [1.82, 2.24) is 0 Å². The SMILES string of the molecule is COc1ccc(CCC(O)c2cccc(I)c2)cc1. The van der Waals surface area contributed by atoms with E-state index in [0.717, 1.165) is 27.7 Å². The Hall–Kier alpha value is -1.07. The molecular weight excluding hydrogens is 351 g/mol. The Morgan fingerprint density at radius 2 is 1.89 bits per heavy atom. The maximum atomic E-state index is 10.2. The fraction of sp³-hybridized carbons (Fsp3) is 0.250. The summed E-state index contributed by atoms with van der Waals surface area (Å²) in [6.07, 6.45) is 1.18. The summed E-state index contributed by atoms with van der Waals surface area (Å²) in [5, 5.41) is 10.2. The van der Waals surface area contributed by atoms with Crippen molar-refractivity contribution in [3.63, 3.8) is 0 Å². The van der Waals surface area contributed by atoms with Gasteiger partial charge in [0.1, 0.15) is 5.75 Å². The van der Waals surface area contributed by atoms with Gasteiger partial charge in [0.15, 0.2) is 0 Å². The minimum Gasteiger partial charge on any atom is -0.497 e. The molecular formula is C16H17IO2. The molecule has 0 fully saturated rings. The smallest absolute Gasteiger partial charge is 0.118 e. The number of methoxy groups -OCH3 is 1. The van der Waals surface area contributed by atoms with Crippen molar-refractivity contribution in [2.45, 2.75) is 18.9 Å². The second-order valence-electron chi connectivity index (χ2n) is 4.46. The third kappa shape index (κ3) is 4.21. The molecule has 1 unspecified atom stereocenters. The van der Waals surface area contributed by atoms with Crippen LogP contribution < -0.4 is 4.74 Å². The van der Waals surface area contributed by atoms with Crippen LogP contribution in [0.2, 0.25) is 0 Å². The Labute approximate surface area is 127 Å². The lowest BCUT2D eigenvalue weighted by Crippen LogP contribution is -2.00. The minimum atomic E-state index is -0.406. The zero-order chi connectivity index (χ0) is 13.7. The van der Waals surface area contributed by atoms with Crippen LogP contribution in [0.3, 0.4) is 0 Å². The highest BCUT2D eigenvalue weighted by Gasteiger charge is 2.08. The molecule has 0 saturated carbocycles. The van der Waals surface area contributed by atoms with Crippen molar-refractivity contribution in [3.8, 4) is 5.75 Å². The van der Waals surface area contributed by atoms with E-state index < -0.39 is 6.10 Å². The van der Waals surface area contributed by atoms with Gasteiger partial charge < -0.3 is 9.84 Å². The van der Waals surface area contributed by atoms with E-state index in [1.165, 1.54) is 5.56 Å². The Bertz CT molecular complexity index is 523. The lowest BCUT2D eigenvalue weighted by Gasteiger charge is -2.11. The first kappa shape index (κ1) is 14.3. The molecule has 0 saturated heterocycles. The van der Waals surface area contributed by atoms with Gasteiger partial charge in [-0.2, -0.15) is 0 Å². The molecule has 1 N–H and O–H groups in total. The number of aliphatic hydroxyl groups excluding tert-OH is 1.